The van der Waals surface area contributed by atoms with E-state index < -0.39 is 47.5 Å². The van der Waals surface area contributed by atoms with Crippen LogP contribution in [-0.2, 0) is 33.0 Å². The number of piperidine rings is 1. The summed E-state index contributed by atoms with van der Waals surface area (Å²) in [6.45, 7) is 10.3. The fourth-order valence-corrected chi connectivity index (χ4v) is 7.44. The summed E-state index contributed by atoms with van der Waals surface area (Å²) in [6, 6.07) is 6.14. The molecule has 1 aromatic carbocycles. The van der Waals surface area contributed by atoms with Crippen LogP contribution in [0.3, 0.4) is 0 Å². The number of carbonyl (C=O) groups excluding carboxylic acids is 2. The van der Waals surface area contributed by atoms with Gasteiger partial charge in [-0.25, -0.2) is 9.59 Å². The molecule has 0 saturated carbocycles. The quantitative estimate of drug-likeness (QED) is 0.178. The van der Waals surface area contributed by atoms with Crippen molar-refractivity contribution >= 4 is 56.4 Å². The Morgan fingerprint density at radius 3 is 2.16 bits per heavy atom. The fraction of sp³-hybridized carbons (Fsp3) is 0.472. The van der Waals surface area contributed by atoms with Gasteiger partial charge in [-0.1, -0.05) is 0 Å². The zero-order valence-electron chi connectivity index (χ0n) is 32.9. The summed E-state index contributed by atoms with van der Waals surface area (Å²) in [5, 5.41) is 20.5. The molecule has 0 aliphatic carbocycles. The number of piperazine rings is 1. The average Bonchev–Trinajstić information content (AvgIpc) is 3.73. The molecule has 2 fully saturated rings. The van der Waals surface area contributed by atoms with Gasteiger partial charge in [-0.2, -0.15) is 39.5 Å². The molecule has 2 aliphatic heterocycles. The van der Waals surface area contributed by atoms with Crippen LogP contribution in [0.1, 0.15) is 62.4 Å². The molecule has 3 atom stereocenters. The number of alkyl halides is 9. The molecular weight excluding hydrogens is 902 g/mol. The van der Waals surface area contributed by atoms with E-state index in [1.54, 1.807) is 24.4 Å². The molecule has 3 aromatic heterocycles. The molecule has 334 valence electrons. The standard InChI is InChI=1S/C32H38AsF3N8O3.2C2HF3O2/c1-6-47-22-13-19(29(46)38-24-14-23(32(34,35)36)41(5)40-24)7-8-21(22)26-27-28(33)37-11-12-43(27)30(39-26)31(4)10-9-20-15-42(18(2)3)16-25(45)44(20)17-31;2*3-2(4,5)1(6)7/h7-8,11-14,18,20H,6,9-10,15-17,33H2,1-5H3,(H,38,40,46);2*(H,6,7)/t20-,31+;;/m1../s1. The summed E-state index contributed by atoms with van der Waals surface area (Å²) >= 11 is 1.34. The Hall–Kier alpha value is -5.38. The van der Waals surface area contributed by atoms with Crippen LogP contribution >= 0.6 is 0 Å². The summed E-state index contributed by atoms with van der Waals surface area (Å²) < 4.78 is 113. The molecule has 2 amide bonds. The molecule has 5 heterocycles. The maximum atomic E-state index is 13.3. The number of hydrogen-bond donors (Lipinski definition) is 3. The van der Waals surface area contributed by atoms with E-state index in [0.717, 1.165) is 41.3 Å². The Morgan fingerprint density at radius 2 is 1.64 bits per heavy atom. The number of nitrogens with one attached hydrogen (secondary N) is 1. The van der Waals surface area contributed by atoms with Crippen molar-refractivity contribution in [2.45, 2.75) is 76.6 Å². The summed E-state index contributed by atoms with van der Waals surface area (Å²) in [5.41, 5.74) is 0.877. The first-order valence-corrected chi connectivity index (χ1v) is 19.3. The van der Waals surface area contributed by atoms with Crippen molar-refractivity contribution in [3.8, 4) is 17.0 Å². The second-order valence-corrected chi connectivity index (χ2v) is 15.5. The first-order valence-electron chi connectivity index (χ1n) is 18.1. The summed E-state index contributed by atoms with van der Waals surface area (Å²) in [6.07, 6.45) is -9.43. The van der Waals surface area contributed by atoms with Gasteiger partial charge in [0.25, 0.3) is 0 Å². The van der Waals surface area contributed by atoms with Crippen LogP contribution in [0.4, 0.5) is 45.3 Å². The van der Waals surface area contributed by atoms with E-state index in [0.29, 0.717) is 47.4 Å². The first-order chi connectivity index (χ1) is 28.1. The molecule has 0 spiro atoms. The van der Waals surface area contributed by atoms with E-state index in [-0.39, 0.29) is 23.3 Å². The van der Waals surface area contributed by atoms with Crippen LogP contribution in [0.5, 0.6) is 5.75 Å². The molecule has 1 unspecified atom stereocenters. The van der Waals surface area contributed by atoms with Crippen molar-refractivity contribution in [3.05, 3.63) is 53.7 Å². The molecule has 2 saturated heterocycles. The normalized spacial score (nSPS) is 18.5. The van der Waals surface area contributed by atoms with Gasteiger partial charge in [0.1, 0.15) is 0 Å². The zero-order valence-corrected chi connectivity index (χ0v) is 35.3. The second-order valence-electron chi connectivity index (χ2n) is 14.4. The van der Waals surface area contributed by atoms with Crippen molar-refractivity contribution in [2.24, 2.45) is 7.05 Å². The van der Waals surface area contributed by atoms with Gasteiger partial charge in [0, 0.05) is 7.05 Å². The summed E-state index contributed by atoms with van der Waals surface area (Å²) in [5.74, 6) is -5.01. The number of aromatic nitrogens is 5. The number of carbonyl (C=O) groups is 4. The van der Waals surface area contributed by atoms with Crippen LogP contribution in [0, 0.1) is 0 Å². The van der Waals surface area contributed by atoms with Crippen LogP contribution in [-0.4, -0.2) is 135 Å². The number of halogens is 9. The van der Waals surface area contributed by atoms with E-state index in [9.17, 15) is 49.1 Å². The van der Waals surface area contributed by atoms with Gasteiger partial charge in [-0.15, -0.1) is 0 Å². The van der Waals surface area contributed by atoms with Gasteiger partial charge >= 0.3 is 284 Å². The van der Waals surface area contributed by atoms with Crippen molar-refractivity contribution in [1.29, 1.82) is 0 Å². The maximum absolute atomic E-state index is 13.3. The third kappa shape index (κ3) is 11.3. The maximum Gasteiger partial charge on any atom is 0.490 e. The van der Waals surface area contributed by atoms with Crippen LogP contribution in [0.15, 0.2) is 36.7 Å². The molecule has 61 heavy (non-hydrogen) atoms. The number of anilines is 1. The van der Waals surface area contributed by atoms with Gasteiger partial charge in [0.15, 0.2) is 0 Å². The first kappa shape index (κ1) is 48.3. The van der Waals surface area contributed by atoms with Gasteiger partial charge < -0.3 is 10.2 Å². The Bertz CT molecular complexity index is 2250. The molecular formula is C36H40AsF9N8O7. The van der Waals surface area contributed by atoms with E-state index in [4.69, 9.17) is 29.5 Å². The minimum absolute atomic E-state index is 0.135. The summed E-state index contributed by atoms with van der Waals surface area (Å²) in [4.78, 5) is 58.3. The number of benzene rings is 1. The number of aliphatic carboxylic acids is 2. The monoisotopic (exact) mass is 942 g/mol. The Morgan fingerprint density at radius 1 is 1.03 bits per heavy atom. The zero-order chi connectivity index (χ0) is 46.0. The van der Waals surface area contributed by atoms with Crippen molar-refractivity contribution in [2.75, 3.05) is 31.6 Å². The van der Waals surface area contributed by atoms with Gasteiger partial charge in [0.05, 0.1) is 0 Å². The number of nitrogens with zero attached hydrogens (tertiary/aromatic N) is 7. The number of rotatable bonds is 7. The summed E-state index contributed by atoms with van der Waals surface area (Å²) in [7, 11) is 1.17. The van der Waals surface area contributed by atoms with E-state index in [1.807, 2.05) is 18.0 Å². The number of imidazole rings is 1. The van der Waals surface area contributed by atoms with Gasteiger partial charge in [-0.05, 0) is 0 Å². The smallest absolute Gasteiger partial charge is 0.475 e. The van der Waals surface area contributed by atoms with Crippen LogP contribution in [0.25, 0.3) is 16.8 Å². The van der Waals surface area contributed by atoms with E-state index in [1.165, 1.54) is 23.9 Å². The minimum atomic E-state index is -5.08. The number of fused-ring (bicyclic) bond motifs is 2. The number of ether oxygens (including phenoxy) is 1. The topological polar surface area (TPSA) is 184 Å². The number of hydrogen-bond acceptors (Lipinski definition) is 9. The molecule has 25 heteroatoms. The molecule has 6 rings (SSSR count). The number of carboxylic acid groups (broad SMARTS) is 2. The molecule has 4 aromatic rings. The van der Waals surface area contributed by atoms with Crippen LogP contribution in [0.2, 0.25) is 0 Å². The van der Waals surface area contributed by atoms with E-state index >= 15 is 0 Å². The Kier molecular flexibility index (Phi) is 14.5. The Labute approximate surface area is 349 Å². The number of carboxylic acids is 2. The molecule has 15 nitrogen and oxygen atoms in total. The largest absolute Gasteiger partial charge is 0.490 e. The number of amides is 2. The molecule has 3 N–H and O–H groups in total. The third-order valence-corrected chi connectivity index (χ3v) is 10.5. The van der Waals surface area contributed by atoms with Crippen molar-refractivity contribution < 1.29 is 73.6 Å². The van der Waals surface area contributed by atoms with Crippen molar-refractivity contribution in [1.82, 2.24) is 33.9 Å². The number of aryl methyl sites for hydroxylation is 1. The molecule has 2 aliphatic rings. The molecule has 0 radical (unpaired) electrons. The van der Waals surface area contributed by atoms with E-state index in [2.05, 4.69) is 45.5 Å². The minimum Gasteiger partial charge on any atom is -0.475 e. The second kappa shape index (κ2) is 18.3. The molecule has 0 bridgehead atoms. The predicted octanol–water partition coefficient (Wildman–Crippen LogP) is 4.30. The Balaban J connectivity index is 0.000000504. The SMILES string of the molecule is CCOc1cc(C(=O)Nc2cc(C(F)(F)F)n(C)n2)ccc1-c1nc([C@@]2(C)CC[C@@H]3CN(C(C)C)CC(=O)N3C2)n2ccnc([AsH2])c12.O=C(O)C(F)(F)F.O=C(O)C(F)(F)F. The van der Waals surface area contributed by atoms with Gasteiger partial charge in [0.2, 0.25) is 0 Å². The average molecular weight is 943 g/mol. The predicted molar refractivity (Wildman–Crippen MR) is 200 cm³/mol. The van der Waals surface area contributed by atoms with Crippen LogP contribution < -0.4 is 14.5 Å². The van der Waals surface area contributed by atoms with Crippen molar-refractivity contribution in [3.63, 3.8) is 0 Å². The van der Waals surface area contributed by atoms with Gasteiger partial charge in [-0.3, -0.25) is 0 Å². The third-order valence-electron chi connectivity index (χ3n) is 9.64. The fourth-order valence-electron chi connectivity index (χ4n) is 6.68.